The van der Waals surface area contributed by atoms with Crippen LogP contribution in [0.5, 0.6) is 5.75 Å². The van der Waals surface area contributed by atoms with Gasteiger partial charge in [-0.05, 0) is 74.5 Å². The Balaban J connectivity index is -0.000000893. The molecule has 1 saturated heterocycles. The van der Waals surface area contributed by atoms with Gasteiger partial charge in [0.1, 0.15) is 54.2 Å². The summed E-state index contributed by atoms with van der Waals surface area (Å²) in [6.45, 7) is 2.31. The molecule has 31 heteroatoms. The van der Waals surface area contributed by atoms with Gasteiger partial charge >= 0.3 is 5.97 Å². The minimum Gasteiger partial charge on any atom is -0.508 e. The largest absolute Gasteiger partial charge is 0.508 e. The van der Waals surface area contributed by atoms with E-state index in [-0.39, 0.29) is 27.9 Å². The van der Waals surface area contributed by atoms with E-state index >= 15 is 0 Å². The Labute approximate surface area is 435 Å². The molecule has 0 radical (unpaired) electrons. The van der Waals surface area contributed by atoms with Crippen molar-refractivity contribution < 1.29 is 108 Å². The van der Waals surface area contributed by atoms with Gasteiger partial charge in [0, 0.05) is 24.0 Å². The molecule has 22 N–H and O–H groups in total. The van der Waals surface area contributed by atoms with Crippen molar-refractivity contribution in [3.63, 3.8) is 0 Å². The molecule has 3 heterocycles. The van der Waals surface area contributed by atoms with E-state index < -0.39 is 74.3 Å². The quantitative estimate of drug-likeness (QED) is 0.0386. The lowest BCUT2D eigenvalue weighted by atomic mass is 10.00. The number of allylic oxidation sites excluding steroid dienone is 4. The van der Waals surface area contributed by atoms with Crippen molar-refractivity contribution in [2.24, 2.45) is 19.1 Å². The van der Waals surface area contributed by atoms with Crippen LogP contribution in [0, 0.1) is 23.8 Å². The Bertz CT molecular complexity index is 2640. The van der Waals surface area contributed by atoms with Gasteiger partial charge in [-0.3, -0.25) is 44.8 Å². The van der Waals surface area contributed by atoms with Gasteiger partial charge in [-0.25, -0.2) is 19.2 Å². The monoisotopic (exact) mass is 1100 g/mol. The number of aliphatic hydroxyl groups is 10. The highest BCUT2D eigenvalue weighted by Crippen LogP contribution is 2.20. The number of nitrogen functional groups attached to an aromatic ring is 1. The Morgan fingerprint density at radius 1 is 0.649 bits per heavy atom. The molecule has 0 spiro atoms. The zero-order valence-electron chi connectivity index (χ0n) is 41.4. The number of carboxylic acids is 1. The smallest absolute Gasteiger partial charge is 0.335 e. The minimum atomic E-state index is -2.20. The molecule has 0 saturated carbocycles. The molecule has 430 valence electrons. The molecule has 2 aromatic heterocycles. The molecule has 1 aliphatic heterocycles. The number of rotatable bonds is 9. The maximum absolute atomic E-state index is 12.7. The number of aliphatic carboxylic acids is 1. The first kappa shape index (κ1) is 73.7. The maximum Gasteiger partial charge on any atom is 0.335 e. The number of nitrogens with zero attached hydrogens (tertiary/aromatic N) is 5. The van der Waals surface area contributed by atoms with E-state index in [1.54, 1.807) is 55.1 Å². The molecule has 3 aromatic carbocycles. The molecule has 0 bridgehead atoms. The van der Waals surface area contributed by atoms with E-state index in [0.717, 1.165) is 22.8 Å². The number of hydrogen-bond acceptors (Lipinski definition) is 24. The summed E-state index contributed by atoms with van der Waals surface area (Å²) in [5.41, 5.74) is 9.77. The number of carbonyl (C=O) groups is 2. The van der Waals surface area contributed by atoms with Crippen molar-refractivity contribution >= 4 is 28.8 Å². The summed E-state index contributed by atoms with van der Waals surface area (Å²) in [7, 11) is 3.64. The van der Waals surface area contributed by atoms with Crippen LogP contribution < -0.4 is 16.9 Å². The summed E-state index contributed by atoms with van der Waals surface area (Å²) < 4.78 is 11.2. The van der Waals surface area contributed by atoms with E-state index in [4.69, 9.17) is 98.0 Å². The fourth-order valence-corrected chi connectivity index (χ4v) is 6.10. The van der Waals surface area contributed by atoms with Gasteiger partial charge in [-0.2, -0.15) is 0 Å². The Hall–Kier alpha value is -7.51. The summed E-state index contributed by atoms with van der Waals surface area (Å²) in [5, 5.41) is 129. The highest BCUT2D eigenvalue weighted by atomic mass is 17.0. The van der Waals surface area contributed by atoms with Gasteiger partial charge in [-0.1, -0.05) is 54.6 Å². The van der Waals surface area contributed by atoms with Gasteiger partial charge in [-0.15, -0.1) is 0 Å². The molecule has 5 unspecified atom stereocenters. The predicted octanol–water partition coefficient (Wildman–Crippen LogP) is -3.55. The van der Waals surface area contributed by atoms with Crippen LogP contribution in [0.1, 0.15) is 11.4 Å². The van der Waals surface area contributed by atoms with E-state index in [1.807, 2.05) is 94.7 Å². The number of para-hydroxylation sites is 3. The zero-order chi connectivity index (χ0) is 57.7. The summed E-state index contributed by atoms with van der Waals surface area (Å²) in [5.74, 6) is -1.48. The lowest BCUT2D eigenvalue weighted by molar-refractivity contribution is -0.286. The maximum atomic E-state index is 12.7. The lowest BCUT2D eigenvalue weighted by Gasteiger charge is -2.37. The third-order valence-electron chi connectivity index (χ3n) is 10.3. The normalized spacial score (nSPS) is 18.1. The van der Waals surface area contributed by atoms with E-state index in [2.05, 4.69) is 9.73 Å². The zero-order valence-corrected chi connectivity index (χ0v) is 41.4. The first-order valence-corrected chi connectivity index (χ1v) is 21.4. The molecule has 77 heavy (non-hydrogen) atoms. The standard InChI is InChI=1S/C17H15N3O2.C11H13N3O.C6H12O7.C6H12O6.C6H6O.2H2O2.O2.2H2O/c1-12-16(18-13-8-10-15(21)11-9-13)17(22)20(19(12)2)14-6-4-3-5-7-14;1-8-10(12)11(15)14(13(8)2)9-6-4-3-5-7-9;7-1-2(8)3(9)4(10)5(11)6(12)13;7-1-2-3(8)4(9)5(10)6(11)12-2;7-6-4-2-1-3-5-6;3*1-2;;/h3-11H,1-2H3;3-7H,12H2,1-2H3;2-5,7-11H,1H2,(H,12,13);2-11H,1H2;1-5,7H;2*1-2H;;2*1H2/t;;2-,3-,4+,5-;;;;;;;/m..1......./s1. The van der Waals surface area contributed by atoms with Crippen LogP contribution >= 0.6 is 0 Å². The predicted molar refractivity (Wildman–Crippen MR) is 274 cm³/mol. The van der Waals surface area contributed by atoms with Crippen molar-refractivity contribution in [3.05, 3.63) is 157 Å². The number of nitrogens with two attached hydrogens (primary N) is 1. The lowest BCUT2D eigenvalue weighted by Crippen LogP contribution is -2.58. The fourth-order valence-electron chi connectivity index (χ4n) is 6.10. The van der Waals surface area contributed by atoms with E-state index in [0.29, 0.717) is 22.8 Å². The van der Waals surface area contributed by atoms with Crippen molar-refractivity contribution in [3.8, 4) is 17.1 Å². The number of anilines is 1. The van der Waals surface area contributed by atoms with Gasteiger partial charge in [0.05, 0.1) is 41.7 Å². The molecular formula is C46H66N6O25. The van der Waals surface area contributed by atoms with Crippen LogP contribution in [-0.4, -0.2) is 198 Å². The summed E-state index contributed by atoms with van der Waals surface area (Å²) >= 11 is 0. The molecule has 2 aliphatic rings. The third kappa shape index (κ3) is 21.6. The molecule has 7 rings (SSSR count). The van der Waals surface area contributed by atoms with Crippen molar-refractivity contribution in [2.75, 3.05) is 18.9 Å². The average molecular weight is 1100 g/mol. The number of carbonyl (C=O) groups excluding carboxylic acids is 1. The van der Waals surface area contributed by atoms with Crippen LogP contribution in [-0.2, 0) is 28.4 Å². The van der Waals surface area contributed by atoms with Crippen LogP contribution in [0.2, 0.25) is 0 Å². The van der Waals surface area contributed by atoms with Crippen LogP contribution in [0.4, 0.5) is 11.4 Å². The number of hydrogen-bond donors (Lipinski definition) is 17. The first-order chi connectivity index (χ1) is 35.6. The van der Waals surface area contributed by atoms with Crippen molar-refractivity contribution in [1.82, 2.24) is 18.7 Å². The number of aromatic nitrogens is 4. The van der Waals surface area contributed by atoms with Gasteiger partial charge in [0.25, 0.3) is 11.1 Å². The summed E-state index contributed by atoms with van der Waals surface area (Å²) in [4.78, 5) is 64.1. The van der Waals surface area contributed by atoms with Gasteiger partial charge < -0.3 is 82.7 Å². The number of aliphatic imine (C=N–C) groups is 1. The number of aromatic hydroxyl groups is 1. The Morgan fingerprint density at radius 3 is 1.43 bits per heavy atom. The number of ether oxygens (including phenoxy) is 1. The molecule has 5 aromatic rings. The molecule has 31 nitrogen and oxygen atoms in total. The summed E-state index contributed by atoms with van der Waals surface area (Å²) in [6.07, 6.45) is -8.78. The van der Waals surface area contributed by atoms with E-state index in [9.17, 15) is 19.2 Å². The second-order valence-electron chi connectivity index (χ2n) is 15.1. The molecule has 1 aliphatic carbocycles. The van der Waals surface area contributed by atoms with Gasteiger partial charge in [0.15, 0.2) is 23.9 Å². The number of ketones is 1. The van der Waals surface area contributed by atoms with Crippen molar-refractivity contribution in [1.29, 1.82) is 0 Å². The molecule has 1 fully saturated rings. The molecule has 0 amide bonds. The molecule has 9 atom stereocenters. The number of benzene rings is 3. The number of phenols is 1. The van der Waals surface area contributed by atoms with E-state index in [1.165, 1.54) is 12.2 Å². The average Bonchev–Trinajstić information content (AvgIpc) is 3.77. The fraction of sp³-hybridized carbons (Fsp3) is 0.326. The minimum absolute atomic E-state index is 0. The second-order valence-corrected chi connectivity index (χ2v) is 15.1. The second kappa shape index (κ2) is 38.1. The topological polar surface area (TPSA) is 556 Å². The third-order valence-corrected chi connectivity index (χ3v) is 10.3. The highest BCUT2D eigenvalue weighted by Gasteiger charge is 2.42. The van der Waals surface area contributed by atoms with Crippen LogP contribution in [0.25, 0.3) is 11.4 Å². The highest BCUT2D eigenvalue weighted by molar-refractivity contribution is 6.17. The van der Waals surface area contributed by atoms with Gasteiger partial charge in [0.2, 0.25) is 0 Å². The Kier molecular flexibility index (Phi) is 36.5. The molecular weight excluding hydrogens is 1040 g/mol. The van der Waals surface area contributed by atoms with Crippen molar-refractivity contribution in [2.45, 2.75) is 69.0 Å². The SMILES string of the molecule is Cc1c(N)c(=O)n(-c2ccccc2)n1C.Cc1c(N=C2C=CC(=O)C=C2)c(=O)n(-c2ccccc2)n1C.O.O.O=C(O)[C@H](O)[C@@H](O)[C@H](O)[C@H](O)CO.O=O.OCC1OC(O)C(O)C(O)C1O.OO.OO.Oc1ccccc1. The number of carboxylic acid groups (broad SMARTS) is 1. The van der Waals surface area contributed by atoms with Crippen LogP contribution in [0.3, 0.4) is 0 Å². The van der Waals surface area contributed by atoms with Crippen LogP contribution in [0.15, 0.2) is 130 Å². The first-order valence-electron chi connectivity index (χ1n) is 21.4. The summed E-state index contributed by atoms with van der Waals surface area (Å²) in [6, 6.07) is 27.6. The number of phenolic OH excluding ortho intramolecular Hbond substituents is 1. The Morgan fingerprint density at radius 2 is 1.06 bits per heavy atom. The number of aliphatic hydroxyl groups excluding tert-OH is 10.